The molecule has 7 nitrogen and oxygen atoms in total. The van der Waals surface area contributed by atoms with Crippen LogP contribution in [0.3, 0.4) is 0 Å². The maximum absolute atomic E-state index is 12.9. The Labute approximate surface area is 188 Å². The van der Waals surface area contributed by atoms with Crippen molar-refractivity contribution in [1.29, 1.82) is 0 Å². The fraction of sp³-hybridized carbons (Fsp3) is 0.450. The first-order valence-corrected chi connectivity index (χ1v) is 11.1. The van der Waals surface area contributed by atoms with Gasteiger partial charge >= 0.3 is 5.97 Å². The molecule has 1 heterocycles. The number of benzene rings is 1. The largest absolute Gasteiger partial charge is 0.490 e. The molecule has 158 valence electrons. The van der Waals surface area contributed by atoms with Gasteiger partial charge in [-0.25, -0.2) is 4.79 Å². The number of amidine groups is 1. The molecule has 1 fully saturated rings. The minimum atomic E-state index is -1.06. The molecule has 0 saturated carbocycles. The molecule has 0 aromatic heterocycles. The van der Waals surface area contributed by atoms with Crippen LogP contribution in [0.5, 0.6) is 11.5 Å². The van der Waals surface area contributed by atoms with Gasteiger partial charge in [-0.15, -0.1) is 0 Å². The van der Waals surface area contributed by atoms with Crippen molar-refractivity contribution < 1.29 is 24.2 Å². The zero-order valence-corrected chi connectivity index (χ0v) is 20.0. The number of nitrogens with zero attached hydrogens (tertiary/aromatic N) is 2. The summed E-state index contributed by atoms with van der Waals surface area (Å²) in [6.45, 7) is 9.66. The average molecular weight is 532 g/mol. The highest BCUT2D eigenvalue weighted by atomic mass is 127. The Hall–Kier alpha value is -1.75. The third kappa shape index (κ3) is 6.11. The van der Waals surface area contributed by atoms with Gasteiger partial charge in [0.05, 0.1) is 15.1 Å². The molecule has 29 heavy (non-hydrogen) atoms. The van der Waals surface area contributed by atoms with Crippen molar-refractivity contribution in [2.45, 2.75) is 46.7 Å². The fourth-order valence-electron chi connectivity index (χ4n) is 2.61. The van der Waals surface area contributed by atoms with E-state index in [1.54, 1.807) is 17.0 Å². The zero-order valence-electron chi connectivity index (χ0n) is 17.1. The Balaban J connectivity index is 2.42. The molecule has 0 spiro atoms. The number of carbonyl (C=O) groups is 2. The molecule has 1 N–H and O–H groups in total. The smallest absolute Gasteiger partial charge is 0.341 e. The number of carbonyl (C=O) groups excluding carboxylic acids is 1. The summed E-state index contributed by atoms with van der Waals surface area (Å²) in [4.78, 5) is 30.6. The summed E-state index contributed by atoms with van der Waals surface area (Å²) >= 11 is 3.43. The lowest BCUT2D eigenvalue weighted by Crippen LogP contribution is -2.35. The van der Waals surface area contributed by atoms with Crippen LogP contribution in [0.1, 0.15) is 40.2 Å². The van der Waals surface area contributed by atoms with Crippen molar-refractivity contribution in [2.75, 3.05) is 13.2 Å². The van der Waals surface area contributed by atoms with Crippen LogP contribution in [-0.4, -0.2) is 52.3 Å². The summed E-state index contributed by atoms with van der Waals surface area (Å²) < 4.78 is 11.7. The van der Waals surface area contributed by atoms with Crippen molar-refractivity contribution >= 4 is 57.5 Å². The highest BCUT2D eigenvalue weighted by Crippen LogP contribution is 2.38. The van der Waals surface area contributed by atoms with Crippen molar-refractivity contribution in [3.05, 3.63) is 26.2 Å². The van der Waals surface area contributed by atoms with Gasteiger partial charge in [0.1, 0.15) is 0 Å². The zero-order chi connectivity index (χ0) is 21.7. The van der Waals surface area contributed by atoms with E-state index < -0.39 is 12.6 Å². The van der Waals surface area contributed by atoms with E-state index in [0.29, 0.717) is 31.7 Å². The van der Waals surface area contributed by atoms with E-state index >= 15 is 0 Å². The summed E-state index contributed by atoms with van der Waals surface area (Å²) in [5.74, 6) is -0.315. The molecule has 0 radical (unpaired) electrons. The van der Waals surface area contributed by atoms with Crippen molar-refractivity contribution in [2.24, 2.45) is 4.99 Å². The van der Waals surface area contributed by atoms with Crippen LogP contribution < -0.4 is 9.47 Å². The predicted octanol–water partition coefficient (Wildman–Crippen LogP) is 4.24. The predicted molar refractivity (Wildman–Crippen MR) is 124 cm³/mol. The fourth-order valence-corrected chi connectivity index (χ4v) is 4.63. The van der Waals surface area contributed by atoms with Gasteiger partial charge in [-0.3, -0.25) is 14.7 Å². The standard InChI is InChI=1S/C20H25IN2O5S/c1-6-27-15-8-13(7-14(21)18(15)28-10-17(24)25)9-16-19(26)23(12(4)5)20(29-16)22-11(2)3/h7-9,11-12H,6,10H2,1-5H3,(H,24,25)/b16-9+,22-20?. The molecule has 0 atom stereocenters. The van der Waals surface area contributed by atoms with E-state index in [1.807, 2.05) is 40.7 Å². The Morgan fingerprint density at radius 1 is 1.31 bits per heavy atom. The Kier molecular flexibility index (Phi) is 8.38. The van der Waals surface area contributed by atoms with E-state index in [2.05, 4.69) is 27.6 Å². The number of ether oxygens (including phenoxy) is 2. The van der Waals surface area contributed by atoms with E-state index in [4.69, 9.17) is 14.6 Å². The van der Waals surface area contributed by atoms with Gasteiger partial charge in [-0.05, 0) is 92.7 Å². The summed E-state index contributed by atoms with van der Waals surface area (Å²) in [5, 5.41) is 9.58. The van der Waals surface area contributed by atoms with E-state index in [1.165, 1.54) is 11.8 Å². The van der Waals surface area contributed by atoms with Crippen LogP contribution in [0.15, 0.2) is 22.0 Å². The summed E-state index contributed by atoms with van der Waals surface area (Å²) in [7, 11) is 0. The molecule has 1 saturated heterocycles. The molecular formula is C20H25IN2O5S. The lowest BCUT2D eigenvalue weighted by Gasteiger charge is -2.20. The van der Waals surface area contributed by atoms with Crippen LogP contribution in [0.2, 0.25) is 0 Å². The first-order valence-electron chi connectivity index (χ1n) is 9.25. The Bertz CT molecular complexity index is 852. The summed E-state index contributed by atoms with van der Waals surface area (Å²) in [5.41, 5.74) is 0.769. The van der Waals surface area contributed by atoms with Crippen molar-refractivity contribution in [1.82, 2.24) is 4.90 Å². The number of aliphatic carboxylic acids is 1. The monoisotopic (exact) mass is 532 g/mol. The molecule has 0 aliphatic carbocycles. The normalized spacial score (nSPS) is 17.1. The SMILES string of the molecule is CCOc1cc(/C=C2/SC(=NC(C)C)N(C(C)C)C2=O)cc(I)c1OCC(=O)O. The molecule has 9 heteroatoms. The molecule has 1 amide bonds. The maximum Gasteiger partial charge on any atom is 0.341 e. The van der Waals surface area contributed by atoms with Crippen LogP contribution in [0.4, 0.5) is 0 Å². The topological polar surface area (TPSA) is 88.4 Å². The summed E-state index contributed by atoms with van der Waals surface area (Å²) in [6, 6.07) is 3.67. The van der Waals surface area contributed by atoms with Crippen LogP contribution in [0.25, 0.3) is 6.08 Å². The third-order valence-corrected chi connectivity index (χ3v) is 5.49. The molecule has 1 aromatic rings. The lowest BCUT2D eigenvalue weighted by molar-refractivity contribution is -0.139. The number of aliphatic imine (C=N–C) groups is 1. The second-order valence-electron chi connectivity index (χ2n) is 6.83. The van der Waals surface area contributed by atoms with E-state index in [0.717, 1.165) is 5.56 Å². The first-order chi connectivity index (χ1) is 13.6. The van der Waals surface area contributed by atoms with Gasteiger partial charge < -0.3 is 14.6 Å². The van der Waals surface area contributed by atoms with Crippen LogP contribution >= 0.6 is 34.4 Å². The second kappa shape index (κ2) is 10.3. The number of hydrogen-bond donors (Lipinski definition) is 1. The highest BCUT2D eigenvalue weighted by molar-refractivity contribution is 14.1. The minimum Gasteiger partial charge on any atom is -0.490 e. The molecule has 0 unspecified atom stereocenters. The average Bonchev–Trinajstić information content (AvgIpc) is 2.88. The molecule has 1 aliphatic heterocycles. The minimum absolute atomic E-state index is 0.00400. The number of amides is 1. The Morgan fingerprint density at radius 3 is 2.55 bits per heavy atom. The number of carboxylic acids is 1. The molecule has 0 bridgehead atoms. The van der Waals surface area contributed by atoms with Crippen molar-refractivity contribution in [3.8, 4) is 11.5 Å². The van der Waals surface area contributed by atoms with Gasteiger partial charge in [-0.2, -0.15) is 0 Å². The van der Waals surface area contributed by atoms with Gasteiger partial charge in [0, 0.05) is 12.1 Å². The summed E-state index contributed by atoms with van der Waals surface area (Å²) in [6.07, 6.45) is 1.80. The number of rotatable bonds is 8. The Morgan fingerprint density at radius 2 is 2.00 bits per heavy atom. The highest BCUT2D eigenvalue weighted by Gasteiger charge is 2.35. The number of halogens is 1. The van der Waals surface area contributed by atoms with Crippen LogP contribution in [0, 0.1) is 3.57 Å². The quantitative estimate of drug-likeness (QED) is 0.398. The van der Waals surface area contributed by atoms with Gasteiger partial charge in [-0.1, -0.05) is 0 Å². The molecule has 1 aromatic carbocycles. The lowest BCUT2D eigenvalue weighted by atomic mass is 10.1. The first kappa shape index (κ1) is 23.5. The molecule has 1 aliphatic rings. The maximum atomic E-state index is 12.9. The van der Waals surface area contributed by atoms with E-state index in [-0.39, 0.29) is 18.0 Å². The van der Waals surface area contributed by atoms with Gasteiger partial charge in [0.25, 0.3) is 5.91 Å². The number of carboxylic acid groups (broad SMARTS) is 1. The number of thioether (sulfide) groups is 1. The van der Waals surface area contributed by atoms with Gasteiger partial charge in [0.2, 0.25) is 0 Å². The third-order valence-electron chi connectivity index (χ3n) is 3.69. The number of hydrogen-bond acceptors (Lipinski definition) is 6. The second-order valence-corrected chi connectivity index (χ2v) is 9.00. The van der Waals surface area contributed by atoms with Gasteiger partial charge in [0.15, 0.2) is 23.3 Å². The van der Waals surface area contributed by atoms with Crippen molar-refractivity contribution in [3.63, 3.8) is 0 Å². The molecular weight excluding hydrogens is 507 g/mol. The van der Waals surface area contributed by atoms with Crippen LogP contribution in [-0.2, 0) is 9.59 Å². The van der Waals surface area contributed by atoms with E-state index in [9.17, 15) is 9.59 Å². The molecule has 2 rings (SSSR count).